The lowest BCUT2D eigenvalue weighted by atomic mass is 10.3. The van der Waals surface area contributed by atoms with Gasteiger partial charge in [0.05, 0.1) is 6.33 Å². The molecule has 17 heavy (non-hydrogen) atoms. The first-order valence-corrected chi connectivity index (χ1v) is 5.80. The summed E-state index contributed by atoms with van der Waals surface area (Å²) in [5.41, 5.74) is 2.39. The van der Waals surface area contributed by atoms with Crippen molar-refractivity contribution < 1.29 is 4.79 Å². The van der Waals surface area contributed by atoms with Gasteiger partial charge in [-0.3, -0.25) is 4.79 Å². The fraction of sp³-hybridized carbons (Fsp3) is 0.200. The molecule has 0 radical (unpaired) electrons. The molecule has 0 saturated carbocycles. The highest BCUT2D eigenvalue weighted by atomic mass is 32.1. The molecule has 7 heteroatoms. The molecule has 0 atom stereocenters. The standard InChI is InChI=1S/C10H9N5OS/c1-11-9-6-8(15(2)4-12-6)7-10(14-9)17-5(3-16)13-7/h3-4H,1-2H3,(H,11,14). The second-order valence-corrected chi connectivity index (χ2v) is 4.60. The van der Waals surface area contributed by atoms with Crippen molar-refractivity contribution in [3.63, 3.8) is 0 Å². The van der Waals surface area contributed by atoms with Crippen LogP contribution in [0.2, 0.25) is 0 Å². The fourth-order valence-corrected chi connectivity index (χ4v) is 2.58. The largest absolute Gasteiger partial charge is 0.371 e. The van der Waals surface area contributed by atoms with Crippen molar-refractivity contribution in [1.82, 2.24) is 19.5 Å². The van der Waals surface area contributed by atoms with E-state index in [0.29, 0.717) is 10.8 Å². The van der Waals surface area contributed by atoms with Gasteiger partial charge in [-0.2, -0.15) is 0 Å². The predicted octanol–water partition coefficient (Wildman–Crippen LogP) is 1.43. The molecule has 0 unspecified atom stereocenters. The Kier molecular flexibility index (Phi) is 2.08. The van der Waals surface area contributed by atoms with Gasteiger partial charge < -0.3 is 9.88 Å². The third-order valence-corrected chi connectivity index (χ3v) is 3.44. The van der Waals surface area contributed by atoms with Crippen LogP contribution in [0.25, 0.3) is 21.4 Å². The summed E-state index contributed by atoms with van der Waals surface area (Å²) in [5.74, 6) is 0.703. The van der Waals surface area contributed by atoms with Gasteiger partial charge in [0.25, 0.3) is 0 Å². The first-order valence-electron chi connectivity index (χ1n) is 4.99. The van der Waals surface area contributed by atoms with Crippen molar-refractivity contribution >= 4 is 44.8 Å². The molecule has 86 valence electrons. The van der Waals surface area contributed by atoms with Gasteiger partial charge in [-0.1, -0.05) is 11.3 Å². The molecule has 0 bridgehead atoms. The highest BCUT2D eigenvalue weighted by Gasteiger charge is 2.15. The molecular weight excluding hydrogens is 238 g/mol. The third kappa shape index (κ3) is 1.32. The van der Waals surface area contributed by atoms with Gasteiger partial charge in [-0.05, 0) is 0 Å². The van der Waals surface area contributed by atoms with Gasteiger partial charge in [0, 0.05) is 14.1 Å². The number of nitrogens with one attached hydrogen (secondary N) is 1. The summed E-state index contributed by atoms with van der Waals surface area (Å²) >= 11 is 1.28. The Balaban J connectivity index is 2.54. The quantitative estimate of drug-likeness (QED) is 0.693. The number of pyridine rings is 1. The molecule has 0 amide bonds. The Hall–Kier alpha value is -2.02. The van der Waals surface area contributed by atoms with Crippen LogP contribution in [-0.2, 0) is 7.05 Å². The van der Waals surface area contributed by atoms with Crippen LogP contribution in [0.5, 0.6) is 0 Å². The number of carbonyl (C=O) groups excluding carboxylic acids is 1. The van der Waals surface area contributed by atoms with Crippen LogP contribution in [0.3, 0.4) is 0 Å². The second kappa shape index (κ2) is 3.49. The van der Waals surface area contributed by atoms with Crippen LogP contribution in [0.4, 0.5) is 5.82 Å². The molecule has 0 aliphatic carbocycles. The first-order chi connectivity index (χ1) is 8.24. The molecule has 1 N–H and O–H groups in total. The SMILES string of the molecule is CNc1nc2sc(C=O)nc2c2c1ncn2C. The maximum absolute atomic E-state index is 10.8. The Labute approximate surface area is 100 Å². The summed E-state index contributed by atoms with van der Waals surface area (Å²) in [4.78, 5) is 24.5. The van der Waals surface area contributed by atoms with E-state index in [1.54, 1.807) is 13.4 Å². The minimum atomic E-state index is 0.434. The van der Waals surface area contributed by atoms with Crippen LogP contribution < -0.4 is 5.32 Å². The molecule has 0 saturated heterocycles. The summed E-state index contributed by atoms with van der Waals surface area (Å²) in [6.07, 6.45) is 2.46. The maximum atomic E-state index is 10.8. The predicted molar refractivity (Wildman–Crippen MR) is 66.6 cm³/mol. The van der Waals surface area contributed by atoms with Crippen molar-refractivity contribution in [3.8, 4) is 0 Å². The number of hydrogen-bond acceptors (Lipinski definition) is 6. The lowest BCUT2D eigenvalue weighted by molar-refractivity contribution is 0.112. The van der Waals surface area contributed by atoms with E-state index >= 15 is 0 Å². The summed E-state index contributed by atoms with van der Waals surface area (Å²) in [6.45, 7) is 0. The normalized spacial score (nSPS) is 11.2. The van der Waals surface area contributed by atoms with Crippen molar-refractivity contribution in [1.29, 1.82) is 0 Å². The number of carbonyl (C=O) groups is 1. The zero-order chi connectivity index (χ0) is 12.0. The van der Waals surface area contributed by atoms with Crippen LogP contribution >= 0.6 is 11.3 Å². The van der Waals surface area contributed by atoms with Crippen LogP contribution in [0.15, 0.2) is 6.33 Å². The smallest absolute Gasteiger partial charge is 0.178 e. The lowest BCUT2D eigenvalue weighted by Crippen LogP contribution is -1.95. The van der Waals surface area contributed by atoms with E-state index < -0.39 is 0 Å². The van der Waals surface area contributed by atoms with Crippen molar-refractivity contribution in [2.24, 2.45) is 7.05 Å². The summed E-state index contributed by atoms with van der Waals surface area (Å²) in [6, 6.07) is 0. The number of hydrogen-bond donors (Lipinski definition) is 1. The summed E-state index contributed by atoms with van der Waals surface area (Å²) < 4.78 is 1.88. The molecule has 3 aromatic rings. The molecule has 0 spiro atoms. The Morgan fingerprint density at radius 3 is 2.94 bits per heavy atom. The van der Waals surface area contributed by atoms with E-state index in [-0.39, 0.29) is 0 Å². The maximum Gasteiger partial charge on any atom is 0.178 e. The Morgan fingerprint density at radius 1 is 1.41 bits per heavy atom. The van der Waals surface area contributed by atoms with Crippen LogP contribution in [-0.4, -0.2) is 32.9 Å². The van der Waals surface area contributed by atoms with Crippen molar-refractivity contribution in [3.05, 3.63) is 11.3 Å². The minimum absolute atomic E-state index is 0.434. The first kappa shape index (κ1) is 10.2. The van der Waals surface area contributed by atoms with Crippen LogP contribution in [0, 0.1) is 0 Å². The number of aryl methyl sites for hydroxylation is 1. The Bertz CT molecular complexity index is 729. The summed E-state index contributed by atoms with van der Waals surface area (Å²) in [7, 11) is 3.69. The third-order valence-electron chi connectivity index (χ3n) is 2.56. The average Bonchev–Trinajstić information content (AvgIpc) is 2.91. The molecule has 3 aromatic heterocycles. The highest BCUT2D eigenvalue weighted by molar-refractivity contribution is 7.19. The van der Waals surface area contributed by atoms with Gasteiger partial charge in [0.2, 0.25) is 0 Å². The molecule has 0 aromatic carbocycles. The highest BCUT2D eigenvalue weighted by Crippen LogP contribution is 2.30. The zero-order valence-corrected chi connectivity index (χ0v) is 10.1. The number of aldehydes is 1. The van der Waals surface area contributed by atoms with E-state index in [1.807, 2.05) is 11.6 Å². The molecular formula is C10H9N5OS. The number of aromatic nitrogens is 4. The second-order valence-electron chi connectivity index (χ2n) is 3.59. The van der Waals surface area contributed by atoms with Gasteiger partial charge in [-0.15, -0.1) is 0 Å². The van der Waals surface area contributed by atoms with E-state index in [1.165, 1.54) is 11.3 Å². The number of imidazole rings is 1. The van der Waals surface area contributed by atoms with E-state index in [2.05, 4.69) is 20.3 Å². The monoisotopic (exact) mass is 247 g/mol. The molecule has 3 heterocycles. The summed E-state index contributed by atoms with van der Waals surface area (Å²) in [5, 5.41) is 3.44. The van der Waals surface area contributed by atoms with Crippen LogP contribution in [0.1, 0.15) is 9.80 Å². The van der Waals surface area contributed by atoms with Gasteiger partial charge in [-0.25, -0.2) is 15.0 Å². The van der Waals surface area contributed by atoms with Gasteiger partial charge >= 0.3 is 0 Å². The van der Waals surface area contributed by atoms with Crippen molar-refractivity contribution in [2.75, 3.05) is 12.4 Å². The Morgan fingerprint density at radius 2 is 2.24 bits per heavy atom. The van der Waals surface area contributed by atoms with Gasteiger partial charge in [0.15, 0.2) is 17.1 Å². The molecule has 0 fully saturated rings. The number of fused-ring (bicyclic) bond motifs is 3. The average molecular weight is 247 g/mol. The number of thiazole rings is 1. The molecule has 0 aliphatic rings. The number of anilines is 1. The minimum Gasteiger partial charge on any atom is -0.371 e. The molecule has 3 rings (SSSR count). The number of rotatable bonds is 2. The molecule has 6 nitrogen and oxygen atoms in total. The van der Waals surface area contributed by atoms with Gasteiger partial charge in [0.1, 0.15) is 21.4 Å². The fourth-order valence-electron chi connectivity index (χ4n) is 1.82. The van der Waals surface area contributed by atoms with E-state index in [4.69, 9.17) is 0 Å². The zero-order valence-electron chi connectivity index (χ0n) is 9.26. The van der Waals surface area contributed by atoms with E-state index in [0.717, 1.165) is 27.7 Å². The van der Waals surface area contributed by atoms with E-state index in [9.17, 15) is 4.79 Å². The number of nitrogens with zero attached hydrogens (tertiary/aromatic N) is 4. The lowest BCUT2D eigenvalue weighted by Gasteiger charge is -2.01. The topological polar surface area (TPSA) is 72.7 Å². The molecule has 0 aliphatic heterocycles. The van der Waals surface area contributed by atoms with Crippen molar-refractivity contribution in [2.45, 2.75) is 0 Å².